The molecule has 3 heteroatoms. The van der Waals surface area contributed by atoms with Gasteiger partial charge in [-0.15, -0.1) is 11.8 Å². The first-order chi connectivity index (χ1) is 8.88. The first kappa shape index (κ1) is 12.6. The van der Waals surface area contributed by atoms with E-state index in [0.29, 0.717) is 5.69 Å². The molecule has 0 aromatic heterocycles. The highest BCUT2D eigenvalue weighted by Crippen LogP contribution is 2.22. The highest BCUT2D eigenvalue weighted by atomic mass is 32.2. The smallest absolute Gasteiger partial charge is 0.211 e. The third kappa shape index (κ3) is 3.88. The summed E-state index contributed by atoms with van der Waals surface area (Å²) in [6.45, 7) is 0. The van der Waals surface area contributed by atoms with E-state index in [1.54, 1.807) is 11.8 Å². The molecule has 0 aliphatic rings. The van der Waals surface area contributed by atoms with Crippen molar-refractivity contribution < 1.29 is 4.79 Å². The Hall–Kier alpha value is -1.83. The van der Waals surface area contributed by atoms with Crippen molar-refractivity contribution in [2.24, 2.45) is 4.99 Å². The average Bonchev–Trinajstić information content (AvgIpc) is 2.42. The van der Waals surface area contributed by atoms with Crippen molar-refractivity contribution >= 4 is 23.5 Å². The number of carbonyl (C=O) groups excluding carboxylic acids is 1. The molecule has 0 atom stereocenters. The lowest BCUT2D eigenvalue weighted by Crippen LogP contribution is -1.87. The number of benzene rings is 2. The van der Waals surface area contributed by atoms with E-state index in [-0.39, 0.29) is 0 Å². The maximum Gasteiger partial charge on any atom is 0.240 e. The van der Waals surface area contributed by atoms with Crippen LogP contribution in [-0.4, -0.2) is 11.8 Å². The molecule has 90 valence electrons. The Labute approximate surface area is 111 Å². The first-order valence-corrected chi connectivity index (χ1v) is 6.72. The molecular weight excluding hydrogens is 242 g/mol. The molecule has 0 unspecified atom stereocenters. The molecule has 0 bridgehead atoms. The van der Waals surface area contributed by atoms with Crippen molar-refractivity contribution in [1.29, 1.82) is 0 Å². The maximum absolute atomic E-state index is 10.1. The van der Waals surface area contributed by atoms with Crippen LogP contribution in [0.3, 0.4) is 0 Å². The molecule has 2 aromatic rings. The third-order valence-corrected chi connectivity index (χ3v) is 3.53. The van der Waals surface area contributed by atoms with Gasteiger partial charge in [0.05, 0.1) is 5.69 Å². The van der Waals surface area contributed by atoms with Gasteiger partial charge in [-0.3, -0.25) is 0 Å². The van der Waals surface area contributed by atoms with Crippen molar-refractivity contribution in [1.82, 2.24) is 0 Å². The Balaban J connectivity index is 1.85. The van der Waals surface area contributed by atoms with E-state index >= 15 is 0 Å². The Morgan fingerprint density at radius 1 is 1.00 bits per heavy atom. The number of nitrogens with zero attached hydrogens (tertiary/aromatic N) is 1. The van der Waals surface area contributed by atoms with Gasteiger partial charge in [0.15, 0.2) is 0 Å². The third-order valence-electron chi connectivity index (χ3n) is 2.51. The monoisotopic (exact) mass is 255 g/mol. The van der Waals surface area contributed by atoms with Gasteiger partial charge in [0, 0.05) is 10.6 Å². The SMILES string of the molecule is O=C=Nc1ccc(SCCc2ccccc2)cc1. The minimum atomic E-state index is 0.650. The summed E-state index contributed by atoms with van der Waals surface area (Å²) in [6.07, 6.45) is 2.59. The fourth-order valence-electron chi connectivity index (χ4n) is 1.60. The fourth-order valence-corrected chi connectivity index (χ4v) is 2.50. The molecule has 0 aliphatic heterocycles. The number of aryl methyl sites for hydroxylation is 1. The van der Waals surface area contributed by atoms with Crippen LogP contribution in [0.1, 0.15) is 5.56 Å². The van der Waals surface area contributed by atoms with Gasteiger partial charge in [0.25, 0.3) is 0 Å². The zero-order chi connectivity index (χ0) is 12.6. The lowest BCUT2D eigenvalue weighted by molar-refractivity contribution is 0.565. The van der Waals surface area contributed by atoms with E-state index in [9.17, 15) is 4.79 Å². The molecule has 0 aliphatic carbocycles. The van der Waals surface area contributed by atoms with Crippen LogP contribution in [0.15, 0.2) is 64.5 Å². The predicted octanol–water partition coefficient (Wildman–Crippen LogP) is 3.99. The Kier molecular flexibility index (Phi) is 4.77. The summed E-state index contributed by atoms with van der Waals surface area (Å²) in [7, 11) is 0. The molecule has 2 rings (SSSR count). The summed E-state index contributed by atoms with van der Waals surface area (Å²) >= 11 is 1.80. The van der Waals surface area contributed by atoms with Crippen LogP contribution in [0.5, 0.6) is 0 Å². The minimum absolute atomic E-state index is 0.650. The Bertz CT molecular complexity index is 530. The fraction of sp³-hybridized carbons (Fsp3) is 0.133. The van der Waals surface area contributed by atoms with Crippen LogP contribution in [0.25, 0.3) is 0 Å². The van der Waals surface area contributed by atoms with Gasteiger partial charge in [-0.25, -0.2) is 4.79 Å². The molecule has 0 amide bonds. The van der Waals surface area contributed by atoms with Crippen LogP contribution in [0, 0.1) is 0 Å². The van der Waals surface area contributed by atoms with Crippen molar-refractivity contribution in [3.8, 4) is 0 Å². The van der Waals surface area contributed by atoms with E-state index in [0.717, 1.165) is 12.2 Å². The summed E-state index contributed by atoms with van der Waals surface area (Å²) < 4.78 is 0. The zero-order valence-corrected chi connectivity index (χ0v) is 10.7. The second-order valence-electron chi connectivity index (χ2n) is 3.78. The van der Waals surface area contributed by atoms with Crippen molar-refractivity contribution in [3.63, 3.8) is 0 Å². The maximum atomic E-state index is 10.1. The van der Waals surface area contributed by atoms with Gasteiger partial charge in [-0.1, -0.05) is 30.3 Å². The molecule has 0 saturated heterocycles. The molecular formula is C15H13NOS. The molecule has 0 N–H and O–H groups in total. The van der Waals surface area contributed by atoms with Gasteiger partial charge in [-0.05, 0) is 36.2 Å². The first-order valence-electron chi connectivity index (χ1n) is 5.73. The van der Waals surface area contributed by atoms with Gasteiger partial charge in [0.1, 0.15) is 0 Å². The van der Waals surface area contributed by atoms with E-state index in [1.165, 1.54) is 16.5 Å². The minimum Gasteiger partial charge on any atom is -0.211 e. The van der Waals surface area contributed by atoms with E-state index in [2.05, 4.69) is 29.3 Å². The van der Waals surface area contributed by atoms with E-state index in [4.69, 9.17) is 0 Å². The summed E-state index contributed by atoms with van der Waals surface area (Å²) in [4.78, 5) is 14.8. The van der Waals surface area contributed by atoms with E-state index in [1.807, 2.05) is 30.3 Å². The van der Waals surface area contributed by atoms with Gasteiger partial charge < -0.3 is 0 Å². The number of rotatable bonds is 5. The van der Waals surface area contributed by atoms with Crippen LogP contribution in [-0.2, 0) is 11.2 Å². The highest BCUT2D eigenvalue weighted by Gasteiger charge is 1.96. The van der Waals surface area contributed by atoms with Crippen molar-refractivity contribution in [2.75, 3.05) is 5.75 Å². The standard InChI is InChI=1S/C15H13NOS/c17-12-16-14-6-8-15(9-7-14)18-11-10-13-4-2-1-3-5-13/h1-9H,10-11H2. The summed E-state index contributed by atoms with van der Waals surface area (Å²) in [5.74, 6) is 1.04. The molecule has 0 spiro atoms. The molecule has 2 aromatic carbocycles. The largest absolute Gasteiger partial charge is 0.240 e. The van der Waals surface area contributed by atoms with E-state index < -0.39 is 0 Å². The van der Waals surface area contributed by atoms with Crippen LogP contribution in [0.4, 0.5) is 5.69 Å². The number of isocyanates is 1. The lowest BCUT2D eigenvalue weighted by Gasteiger charge is -2.02. The summed E-state index contributed by atoms with van der Waals surface area (Å²) in [5, 5.41) is 0. The quantitative estimate of drug-likeness (QED) is 0.459. The van der Waals surface area contributed by atoms with Gasteiger partial charge in [0.2, 0.25) is 6.08 Å². The average molecular weight is 255 g/mol. The summed E-state index contributed by atoms with van der Waals surface area (Å²) in [6, 6.07) is 18.1. The van der Waals surface area contributed by atoms with Crippen molar-refractivity contribution in [3.05, 3.63) is 60.2 Å². The van der Waals surface area contributed by atoms with Crippen molar-refractivity contribution in [2.45, 2.75) is 11.3 Å². The highest BCUT2D eigenvalue weighted by molar-refractivity contribution is 7.99. The molecule has 0 heterocycles. The number of thioether (sulfide) groups is 1. The number of hydrogen-bond donors (Lipinski definition) is 0. The molecule has 18 heavy (non-hydrogen) atoms. The Morgan fingerprint density at radius 2 is 1.72 bits per heavy atom. The van der Waals surface area contributed by atoms with Crippen LogP contribution < -0.4 is 0 Å². The molecule has 2 nitrogen and oxygen atoms in total. The lowest BCUT2D eigenvalue weighted by atomic mass is 10.2. The number of aliphatic imine (C=N–C) groups is 1. The molecule has 0 fully saturated rings. The van der Waals surface area contributed by atoms with Gasteiger partial charge >= 0.3 is 0 Å². The van der Waals surface area contributed by atoms with Gasteiger partial charge in [-0.2, -0.15) is 4.99 Å². The van der Waals surface area contributed by atoms with Crippen LogP contribution in [0.2, 0.25) is 0 Å². The number of hydrogen-bond acceptors (Lipinski definition) is 3. The van der Waals surface area contributed by atoms with Crippen LogP contribution >= 0.6 is 11.8 Å². The molecule has 0 radical (unpaired) electrons. The summed E-state index contributed by atoms with van der Waals surface area (Å²) in [5.41, 5.74) is 2.00. The zero-order valence-electron chi connectivity index (χ0n) is 9.87. The Morgan fingerprint density at radius 3 is 2.39 bits per heavy atom. The predicted molar refractivity (Wildman–Crippen MR) is 75.1 cm³/mol. The normalized spacial score (nSPS) is 9.78. The molecule has 0 saturated carbocycles. The second-order valence-corrected chi connectivity index (χ2v) is 4.95. The topological polar surface area (TPSA) is 29.4 Å². The second kappa shape index (κ2) is 6.80.